The van der Waals surface area contributed by atoms with E-state index in [1.807, 2.05) is 6.92 Å². The first kappa shape index (κ1) is 21.3. The minimum Gasteiger partial charge on any atom is -0.492 e. The topological polar surface area (TPSA) is 108 Å². The van der Waals surface area contributed by atoms with Gasteiger partial charge in [-0.1, -0.05) is 0 Å². The minimum atomic E-state index is -0.922. The number of nitrogens with one attached hydrogen (secondary N) is 2. The van der Waals surface area contributed by atoms with E-state index in [-0.39, 0.29) is 18.7 Å². The summed E-state index contributed by atoms with van der Waals surface area (Å²) in [5, 5.41) is 14.2. The van der Waals surface area contributed by atoms with Gasteiger partial charge in [0, 0.05) is 31.6 Å². The first-order valence-corrected chi connectivity index (χ1v) is 8.35. The van der Waals surface area contributed by atoms with E-state index < -0.39 is 17.5 Å². The molecule has 0 unspecified atom stereocenters. The molecule has 26 heavy (non-hydrogen) atoms. The lowest BCUT2D eigenvalue weighted by molar-refractivity contribution is -0.137. The Kier molecular flexibility index (Phi) is 7.42. The van der Waals surface area contributed by atoms with Crippen molar-refractivity contribution in [1.29, 1.82) is 0 Å². The van der Waals surface area contributed by atoms with Crippen LogP contribution < -0.4 is 15.4 Å². The molecule has 0 fully saturated rings. The monoisotopic (exact) mass is 365 g/mol. The van der Waals surface area contributed by atoms with Crippen LogP contribution in [0.5, 0.6) is 5.75 Å². The fraction of sp³-hybridized carbons (Fsp3) is 0.500. The quantitative estimate of drug-likeness (QED) is 0.656. The largest absolute Gasteiger partial charge is 0.492 e. The van der Waals surface area contributed by atoms with Gasteiger partial charge in [-0.3, -0.25) is 9.59 Å². The van der Waals surface area contributed by atoms with E-state index in [9.17, 15) is 14.4 Å². The molecule has 1 aromatic carbocycles. The Hall–Kier alpha value is -2.77. The van der Waals surface area contributed by atoms with Crippen molar-refractivity contribution in [2.45, 2.75) is 39.2 Å². The molecule has 0 aliphatic rings. The van der Waals surface area contributed by atoms with Crippen LogP contribution >= 0.6 is 0 Å². The van der Waals surface area contributed by atoms with Crippen LogP contribution in [-0.2, 0) is 4.79 Å². The van der Waals surface area contributed by atoms with Crippen LogP contribution in [0.15, 0.2) is 18.2 Å². The Morgan fingerprint density at radius 1 is 1.23 bits per heavy atom. The molecule has 0 saturated carbocycles. The molecule has 0 spiro atoms. The van der Waals surface area contributed by atoms with Crippen molar-refractivity contribution in [2.24, 2.45) is 0 Å². The van der Waals surface area contributed by atoms with Crippen LogP contribution in [0.25, 0.3) is 0 Å². The van der Waals surface area contributed by atoms with Gasteiger partial charge in [-0.05, 0) is 45.4 Å². The number of anilines is 1. The predicted octanol–water partition coefficient (Wildman–Crippen LogP) is 2.55. The number of carboxylic acid groups (broad SMARTS) is 1. The first-order valence-electron chi connectivity index (χ1n) is 8.35. The molecule has 0 aromatic heterocycles. The van der Waals surface area contributed by atoms with E-state index in [0.717, 1.165) is 0 Å². The number of carbonyl (C=O) groups excluding carboxylic acids is 2. The number of ether oxygens (including phenoxy) is 1. The fourth-order valence-corrected chi connectivity index (χ4v) is 2.24. The van der Waals surface area contributed by atoms with Gasteiger partial charge in [-0.2, -0.15) is 0 Å². The molecule has 0 saturated heterocycles. The summed E-state index contributed by atoms with van der Waals surface area (Å²) in [6, 6.07) is 4.31. The van der Waals surface area contributed by atoms with Gasteiger partial charge in [0.2, 0.25) is 0 Å². The van der Waals surface area contributed by atoms with Gasteiger partial charge < -0.3 is 25.4 Å². The van der Waals surface area contributed by atoms with Crippen LogP contribution in [0, 0.1) is 0 Å². The summed E-state index contributed by atoms with van der Waals surface area (Å²) in [6.07, 6.45) is 0.234. The molecule has 1 aromatic rings. The van der Waals surface area contributed by atoms with Crippen molar-refractivity contribution < 1.29 is 24.2 Å². The normalized spacial score (nSPS) is 10.8. The van der Waals surface area contributed by atoms with Crippen molar-refractivity contribution in [3.63, 3.8) is 0 Å². The Balaban J connectivity index is 2.94. The third-order valence-corrected chi connectivity index (χ3v) is 3.60. The van der Waals surface area contributed by atoms with Gasteiger partial charge in [0.15, 0.2) is 0 Å². The van der Waals surface area contributed by atoms with E-state index in [2.05, 4.69) is 10.6 Å². The number of hydrogen-bond donors (Lipinski definition) is 3. The van der Waals surface area contributed by atoms with E-state index in [0.29, 0.717) is 23.6 Å². The Bertz CT molecular complexity index is 671. The number of rotatable bonds is 8. The third kappa shape index (κ3) is 6.62. The maximum Gasteiger partial charge on any atom is 0.319 e. The number of nitrogens with zero attached hydrogens (tertiary/aromatic N) is 1. The third-order valence-electron chi connectivity index (χ3n) is 3.60. The maximum absolute atomic E-state index is 12.3. The lowest BCUT2D eigenvalue weighted by Gasteiger charge is -2.26. The molecule has 3 N–H and O–H groups in total. The predicted molar refractivity (Wildman–Crippen MR) is 98.7 cm³/mol. The summed E-state index contributed by atoms with van der Waals surface area (Å²) in [7, 11) is 3.28. The Morgan fingerprint density at radius 3 is 2.42 bits per heavy atom. The summed E-state index contributed by atoms with van der Waals surface area (Å²) in [5.74, 6) is -0.673. The maximum atomic E-state index is 12.3. The van der Waals surface area contributed by atoms with Gasteiger partial charge in [0.05, 0.1) is 12.3 Å². The van der Waals surface area contributed by atoms with E-state index in [1.54, 1.807) is 46.1 Å². The molecule has 8 heteroatoms. The van der Waals surface area contributed by atoms with Crippen LogP contribution in [0.3, 0.4) is 0 Å². The molecule has 3 amide bonds. The van der Waals surface area contributed by atoms with Crippen molar-refractivity contribution in [1.82, 2.24) is 10.2 Å². The van der Waals surface area contributed by atoms with Gasteiger partial charge >= 0.3 is 12.0 Å². The molecule has 0 aliphatic heterocycles. The highest BCUT2D eigenvalue weighted by Crippen LogP contribution is 2.26. The number of aliphatic carboxylic acids is 1. The zero-order valence-corrected chi connectivity index (χ0v) is 15.9. The van der Waals surface area contributed by atoms with Crippen molar-refractivity contribution in [3.05, 3.63) is 23.8 Å². The molecule has 8 nitrogen and oxygen atoms in total. The highest BCUT2D eigenvalue weighted by atomic mass is 16.5. The average Bonchev–Trinajstić information content (AvgIpc) is 2.53. The number of hydrogen-bond acceptors (Lipinski definition) is 4. The second kappa shape index (κ2) is 9.07. The van der Waals surface area contributed by atoms with Crippen LogP contribution in [0.2, 0.25) is 0 Å². The molecular formula is C18H27N3O5. The summed E-state index contributed by atoms with van der Waals surface area (Å²) in [4.78, 5) is 36.6. The SMILES string of the molecule is CCOc1ccc(C(=O)N(C)C)cc1NC(=O)NC(C)(C)CCC(=O)O. The van der Waals surface area contributed by atoms with Crippen molar-refractivity contribution >= 4 is 23.6 Å². The molecule has 0 atom stereocenters. The Morgan fingerprint density at radius 2 is 1.88 bits per heavy atom. The summed E-state index contributed by atoms with van der Waals surface area (Å²) in [6.45, 7) is 5.70. The number of carbonyl (C=O) groups is 3. The molecule has 0 bridgehead atoms. The highest BCUT2D eigenvalue weighted by molar-refractivity contribution is 5.98. The van der Waals surface area contributed by atoms with Crippen LogP contribution in [0.1, 0.15) is 44.0 Å². The lowest BCUT2D eigenvalue weighted by Crippen LogP contribution is -2.45. The van der Waals surface area contributed by atoms with Gasteiger partial charge in [-0.15, -0.1) is 0 Å². The Labute approximate surface area is 153 Å². The average molecular weight is 365 g/mol. The first-order chi connectivity index (χ1) is 12.1. The summed E-state index contributed by atoms with van der Waals surface area (Å²) < 4.78 is 5.50. The standard InChI is InChI=1S/C18H27N3O5/c1-6-26-14-8-7-12(16(24)21(4)5)11-13(14)19-17(25)20-18(2,3)10-9-15(22)23/h7-8,11H,6,9-10H2,1-5H3,(H,22,23)(H2,19,20,25). The second-order valence-corrected chi connectivity index (χ2v) is 6.70. The van der Waals surface area contributed by atoms with E-state index in [1.165, 1.54) is 4.90 Å². The summed E-state index contributed by atoms with van der Waals surface area (Å²) >= 11 is 0. The van der Waals surface area contributed by atoms with Gasteiger partial charge in [0.25, 0.3) is 5.91 Å². The molecule has 0 aliphatic carbocycles. The number of amides is 3. The molecule has 144 valence electrons. The van der Waals surface area contributed by atoms with E-state index >= 15 is 0 Å². The van der Waals surface area contributed by atoms with Crippen molar-refractivity contribution in [3.8, 4) is 5.75 Å². The number of benzene rings is 1. The molecule has 1 rings (SSSR count). The second-order valence-electron chi connectivity index (χ2n) is 6.70. The van der Waals surface area contributed by atoms with Gasteiger partial charge in [-0.25, -0.2) is 4.79 Å². The number of urea groups is 1. The highest BCUT2D eigenvalue weighted by Gasteiger charge is 2.22. The zero-order valence-electron chi connectivity index (χ0n) is 15.9. The van der Waals surface area contributed by atoms with Gasteiger partial charge in [0.1, 0.15) is 5.75 Å². The van der Waals surface area contributed by atoms with Crippen LogP contribution in [-0.4, -0.2) is 54.2 Å². The van der Waals surface area contributed by atoms with Crippen LogP contribution in [0.4, 0.5) is 10.5 Å². The molecular weight excluding hydrogens is 338 g/mol. The number of carboxylic acids is 1. The molecule has 0 heterocycles. The molecule has 0 radical (unpaired) electrons. The zero-order chi connectivity index (χ0) is 19.9. The summed E-state index contributed by atoms with van der Waals surface area (Å²) in [5.41, 5.74) is 0.0793. The van der Waals surface area contributed by atoms with E-state index in [4.69, 9.17) is 9.84 Å². The lowest BCUT2D eigenvalue weighted by atomic mass is 9.99. The smallest absolute Gasteiger partial charge is 0.319 e. The minimum absolute atomic E-state index is 0.0513. The fourth-order valence-electron chi connectivity index (χ4n) is 2.24. The van der Waals surface area contributed by atoms with Crippen molar-refractivity contribution in [2.75, 3.05) is 26.0 Å².